The van der Waals surface area contributed by atoms with Gasteiger partial charge in [0.25, 0.3) is 0 Å². The van der Waals surface area contributed by atoms with E-state index in [0.29, 0.717) is 29.7 Å². The van der Waals surface area contributed by atoms with Crippen LogP contribution < -0.4 is 14.2 Å². The van der Waals surface area contributed by atoms with E-state index >= 15 is 0 Å². The van der Waals surface area contributed by atoms with Crippen molar-refractivity contribution in [3.05, 3.63) is 64.0 Å². The normalized spacial score (nSPS) is 15.3. The van der Waals surface area contributed by atoms with E-state index in [1.165, 1.54) is 5.41 Å². The summed E-state index contributed by atoms with van der Waals surface area (Å²) in [5, 5.41) is 1.77. The molecule has 3 rings (SSSR count). The number of nitrogens with one attached hydrogen (secondary N) is 1. The second kappa shape index (κ2) is 8.33. The molecular weight excluding hydrogens is 386 g/mol. The van der Waals surface area contributed by atoms with Crippen molar-refractivity contribution in [2.75, 3.05) is 13.2 Å². The molecule has 144 valence electrons. The summed E-state index contributed by atoms with van der Waals surface area (Å²) in [7, 11) is -3.64. The van der Waals surface area contributed by atoms with Crippen LogP contribution in [0.4, 0.5) is 0 Å². The molecule has 0 saturated heterocycles. The van der Waals surface area contributed by atoms with Crippen molar-refractivity contribution in [1.82, 2.24) is 4.72 Å². The van der Waals surface area contributed by atoms with Gasteiger partial charge in [0.2, 0.25) is 10.0 Å². The van der Waals surface area contributed by atoms with E-state index < -0.39 is 10.0 Å². The van der Waals surface area contributed by atoms with Crippen molar-refractivity contribution in [2.24, 2.45) is 5.92 Å². The lowest BCUT2D eigenvalue weighted by Gasteiger charge is -2.24. The Kier molecular flexibility index (Phi) is 6.09. The molecule has 1 heterocycles. The van der Waals surface area contributed by atoms with Crippen molar-refractivity contribution in [3.63, 3.8) is 0 Å². The van der Waals surface area contributed by atoms with Gasteiger partial charge in [-0.3, -0.25) is 0 Å². The summed E-state index contributed by atoms with van der Waals surface area (Å²) in [5.74, 6) is 1.37. The maximum Gasteiger partial charge on any atom is 0.234 e. The molecule has 2 aromatic carbocycles. The van der Waals surface area contributed by atoms with E-state index in [9.17, 15) is 8.42 Å². The van der Waals surface area contributed by atoms with Crippen LogP contribution in [-0.4, -0.2) is 21.6 Å². The minimum atomic E-state index is -3.64. The second-order valence-corrected chi connectivity index (χ2v) is 8.68. The molecule has 0 unspecified atom stereocenters. The molecule has 1 aliphatic rings. The Morgan fingerprint density at radius 1 is 1.04 bits per heavy atom. The van der Waals surface area contributed by atoms with Crippen molar-refractivity contribution in [1.29, 1.82) is 0 Å². The third-order valence-electron chi connectivity index (χ3n) is 4.19. The smallest absolute Gasteiger partial charge is 0.234 e. The van der Waals surface area contributed by atoms with Gasteiger partial charge in [-0.25, -0.2) is 13.1 Å². The van der Waals surface area contributed by atoms with Crippen LogP contribution in [0, 0.1) is 5.92 Å². The van der Waals surface area contributed by atoms with Crippen LogP contribution in [0.2, 0.25) is 5.02 Å². The Balaban J connectivity index is 1.80. The van der Waals surface area contributed by atoms with Gasteiger partial charge in [0.15, 0.2) is 11.5 Å². The van der Waals surface area contributed by atoms with E-state index in [2.05, 4.69) is 4.72 Å². The van der Waals surface area contributed by atoms with Gasteiger partial charge in [0, 0.05) is 16.5 Å². The lowest BCUT2D eigenvalue weighted by molar-refractivity contribution is 0.171. The predicted octanol–water partition coefficient (Wildman–Crippen LogP) is 4.40. The Bertz CT molecular complexity index is 923. The molecule has 1 N–H and O–H groups in total. The first-order valence-corrected chi connectivity index (χ1v) is 10.6. The predicted molar refractivity (Wildman–Crippen MR) is 108 cm³/mol. The van der Waals surface area contributed by atoms with E-state index in [1.54, 1.807) is 30.3 Å². The molecule has 2 aromatic rings. The summed E-state index contributed by atoms with van der Waals surface area (Å²) in [6.45, 7) is 4.93. The largest absolute Gasteiger partial charge is 0.486 e. The number of halogens is 1. The van der Waals surface area contributed by atoms with Crippen LogP contribution in [0.3, 0.4) is 0 Å². The van der Waals surface area contributed by atoms with Crippen molar-refractivity contribution >= 4 is 27.7 Å². The third-order valence-corrected chi connectivity index (χ3v) is 5.52. The Morgan fingerprint density at radius 2 is 1.70 bits per heavy atom. The molecule has 1 atom stereocenters. The van der Waals surface area contributed by atoms with Crippen molar-refractivity contribution in [3.8, 4) is 11.5 Å². The van der Waals surface area contributed by atoms with E-state index in [4.69, 9.17) is 21.1 Å². The fourth-order valence-electron chi connectivity index (χ4n) is 2.80. The number of fused-ring (bicyclic) bond motifs is 1. The summed E-state index contributed by atoms with van der Waals surface area (Å²) in [6.07, 6.45) is 1.54. The standard InChI is InChI=1S/C20H22ClNO4S/c1-14(2)20(16-5-8-18-19(13-16)26-11-10-25-18)22-27(23,24)12-9-15-3-6-17(21)7-4-15/h3-9,12-14,20,22H,10-11H2,1-2H3/b12-9+/t20-/m1/s1. The first kappa shape index (κ1) is 19.7. The molecule has 0 aliphatic carbocycles. The minimum absolute atomic E-state index is 0.0475. The van der Waals surface area contributed by atoms with Crippen LogP contribution >= 0.6 is 11.6 Å². The van der Waals surface area contributed by atoms with Crippen LogP contribution in [-0.2, 0) is 10.0 Å². The number of hydrogen-bond donors (Lipinski definition) is 1. The zero-order valence-corrected chi connectivity index (χ0v) is 16.8. The van der Waals surface area contributed by atoms with Crippen LogP contribution in [0.5, 0.6) is 11.5 Å². The SMILES string of the molecule is CC(C)[C@@H](NS(=O)(=O)/C=C/c1ccc(Cl)cc1)c1ccc2c(c1)OCCO2. The summed E-state index contributed by atoms with van der Waals surface area (Å²) < 4.78 is 39.0. The van der Waals surface area contributed by atoms with Gasteiger partial charge in [-0.1, -0.05) is 43.6 Å². The summed E-state index contributed by atoms with van der Waals surface area (Å²) in [5.41, 5.74) is 1.59. The average Bonchev–Trinajstić information content (AvgIpc) is 2.65. The third kappa shape index (κ3) is 5.25. The number of rotatable bonds is 6. The van der Waals surface area contributed by atoms with Gasteiger partial charge in [-0.2, -0.15) is 0 Å². The lowest BCUT2D eigenvalue weighted by Crippen LogP contribution is -2.30. The maximum atomic E-state index is 12.6. The first-order chi connectivity index (χ1) is 12.8. The molecule has 7 heteroatoms. The Labute approximate surface area is 165 Å². The summed E-state index contributed by atoms with van der Waals surface area (Å²) in [6, 6.07) is 12.1. The Morgan fingerprint density at radius 3 is 2.37 bits per heavy atom. The van der Waals surface area contributed by atoms with Gasteiger partial charge >= 0.3 is 0 Å². The monoisotopic (exact) mass is 407 g/mol. The highest BCUT2D eigenvalue weighted by atomic mass is 35.5. The highest BCUT2D eigenvalue weighted by molar-refractivity contribution is 7.92. The quantitative estimate of drug-likeness (QED) is 0.770. The zero-order valence-electron chi connectivity index (χ0n) is 15.2. The Hall–Kier alpha value is -2.02. The summed E-state index contributed by atoms with van der Waals surface area (Å²) >= 11 is 5.85. The van der Waals surface area contributed by atoms with Gasteiger partial charge in [0.05, 0.1) is 0 Å². The number of sulfonamides is 1. The molecule has 0 saturated carbocycles. The molecule has 0 spiro atoms. The van der Waals surface area contributed by atoms with Crippen molar-refractivity contribution < 1.29 is 17.9 Å². The van der Waals surface area contributed by atoms with Crippen LogP contribution in [0.1, 0.15) is 31.0 Å². The molecule has 0 bridgehead atoms. The zero-order chi connectivity index (χ0) is 19.4. The van der Waals surface area contributed by atoms with Gasteiger partial charge in [-0.15, -0.1) is 0 Å². The van der Waals surface area contributed by atoms with Crippen LogP contribution in [0.15, 0.2) is 47.9 Å². The lowest BCUT2D eigenvalue weighted by atomic mass is 9.97. The van der Waals surface area contributed by atoms with Gasteiger partial charge < -0.3 is 9.47 Å². The highest BCUT2D eigenvalue weighted by Crippen LogP contribution is 2.34. The molecule has 0 radical (unpaired) electrons. The summed E-state index contributed by atoms with van der Waals surface area (Å²) in [4.78, 5) is 0. The number of hydrogen-bond acceptors (Lipinski definition) is 4. The number of benzene rings is 2. The molecule has 0 aromatic heterocycles. The molecular formula is C20H22ClNO4S. The average molecular weight is 408 g/mol. The van der Waals surface area contributed by atoms with E-state index in [-0.39, 0.29) is 12.0 Å². The van der Waals surface area contributed by atoms with Gasteiger partial charge in [0.1, 0.15) is 13.2 Å². The molecule has 5 nitrogen and oxygen atoms in total. The fourth-order valence-corrected chi connectivity index (χ4v) is 4.10. The number of ether oxygens (including phenoxy) is 2. The maximum absolute atomic E-state index is 12.6. The molecule has 0 fully saturated rings. The van der Waals surface area contributed by atoms with Gasteiger partial charge in [-0.05, 0) is 47.4 Å². The van der Waals surface area contributed by atoms with E-state index in [0.717, 1.165) is 11.1 Å². The fraction of sp³-hybridized carbons (Fsp3) is 0.300. The topological polar surface area (TPSA) is 64.6 Å². The van der Waals surface area contributed by atoms with E-state index in [1.807, 2.05) is 32.0 Å². The highest BCUT2D eigenvalue weighted by Gasteiger charge is 2.23. The molecule has 1 aliphatic heterocycles. The molecule has 27 heavy (non-hydrogen) atoms. The minimum Gasteiger partial charge on any atom is -0.486 e. The second-order valence-electron chi connectivity index (χ2n) is 6.64. The first-order valence-electron chi connectivity index (χ1n) is 8.69. The van der Waals surface area contributed by atoms with Crippen LogP contribution in [0.25, 0.3) is 6.08 Å². The molecule has 0 amide bonds. The van der Waals surface area contributed by atoms with Crippen molar-refractivity contribution in [2.45, 2.75) is 19.9 Å².